The number of hydrogen-bond donors (Lipinski definition) is 2. The monoisotopic (exact) mass is 299 g/mol. The first-order valence-corrected chi connectivity index (χ1v) is 8.24. The van der Waals surface area contributed by atoms with Gasteiger partial charge in [-0.2, -0.15) is 0 Å². The molecule has 0 amide bonds. The number of sulfonamides is 1. The molecule has 0 radical (unpaired) electrons. The Bertz CT molecular complexity index is 577. The van der Waals surface area contributed by atoms with Crippen LogP contribution in [0.1, 0.15) is 29.5 Å². The molecule has 5 nitrogen and oxygen atoms in total. The number of aliphatic hydroxyl groups is 1. The second-order valence-electron chi connectivity index (χ2n) is 5.19. The van der Waals surface area contributed by atoms with Crippen molar-refractivity contribution < 1.29 is 18.3 Å². The van der Waals surface area contributed by atoms with E-state index < -0.39 is 10.0 Å². The lowest BCUT2D eigenvalue weighted by atomic mass is 10.1. The van der Waals surface area contributed by atoms with E-state index in [9.17, 15) is 13.5 Å². The maximum absolute atomic E-state index is 12.3. The summed E-state index contributed by atoms with van der Waals surface area (Å²) >= 11 is 0. The van der Waals surface area contributed by atoms with Crippen LogP contribution in [0, 0.1) is 13.8 Å². The Morgan fingerprint density at radius 2 is 2.10 bits per heavy atom. The average molecular weight is 299 g/mol. The van der Waals surface area contributed by atoms with Crippen molar-refractivity contribution in [3.05, 3.63) is 28.8 Å². The molecular weight excluding hydrogens is 278 g/mol. The van der Waals surface area contributed by atoms with Crippen LogP contribution in [0.4, 0.5) is 0 Å². The summed E-state index contributed by atoms with van der Waals surface area (Å²) < 4.78 is 32.7. The van der Waals surface area contributed by atoms with Crippen LogP contribution in [0.5, 0.6) is 0 Å². The van der Waals surface area contributed by atoms with Crippen molar-refractivity contribution in [3.63, 3.8) is 0 Å². The molecule has 20 heavy (non-hydrogen) atoms. The minimum Gasteiger partial charge on any atom is -0.392 e. The van der Waals surface area contributed by atoms with Gasteiger partial charge in [-0.05, 0) is 49.4 Å². The zero-order valence-corrected chi connectivity index (χ0v) is 12.7. The molecule has 6 heteroatoms. The van der Waals surface area contributed by atoms with Crippen LogP contribution >= 0.6 is 0 Å². The Morgan fingerprint density at radius 1 is 1.35 bits per heavy atom. The molecule has 2 N–H and O–H groups in total. The fourth-order valence-electron chi connectivity index (χ4n) is 2.42. The van der Waals surface area contributed by atoms with Crippen molar-refractivity contribution in [2.75, 3.05) is 13.2 Å². The predicted octanol–water partition coefficient (Wildman–Crippen LogP) is 1.25. The van der Waals surface area contributed by atoms with E-state index in [4.69, 9.17) is 4.74 Å². The quantitative estimate of drug-likeness (QED) is 0.858. The molecule has 0 aromatic heterocycles. The van der Waals surface area contributed by atoms with Gasteiger partial charge >= 0.3 is 0 Å². The fourth-order valence-corrected chi connectivity index (χ4v) is 3.76. The molecule has 0 bridgehead atoms. The van der Waals surface area contributed by atoms with Gasteiger partial charge in [0.2, 0.25) is 10.0 Å². The maximum Gasteiger partial charge on any atom is 0.240 e. The summed E-state index contributed by atoms with van der Waals surface area (Å²) in [6, 6.07) is 3.33. The van der Waals surface area contributed by atoms with Gasteiger partial charge in [0, 0.05) is 13.2 Å². The minimum atomic E-state index is -3.57. The van der Waals surface area contributed by atoms with Gasteiger partial charge in [0.15, 0.2) is 0 Å². The summed E-state index contributed by atoms with van der Waals surface area (Å²) in [4.78, 5) is 0.227. The Morgan fingerprint density at radius 3 is 2.70 bits per heavy atom. The topological polar surface area (TPSA) is 75.6 Å². The number of benzene rings is 1. The number of hydrogen-bond acceptors (Lipinski definition) is 4. The van der Waals surface area contributed by atoms with E-state index in [-0.39, 0.29) is 17.6 Å². The van der Waals surface area contributed by atoms with Gasteiger partial charge in [-0.15, -0.1) is 0 Å². The molecule has 1 unspecified atom stereocenters. The summed E-state index contributed by atoms with van der Waals surface area (Å²) in [5.74, 6) is 0. The number of aryl methyl sites for hydroxylation is 2. The highest BCUT2D eigenvalue weighted by atomic mass is 32.2. The predicted molar refractivity (Wildman–Crippen MR) is 76.0 cm³/mol. The molecule has 1 atom stereocenters. The maximum atomic E-state index is 12.3. The largest absolute Gasteiger partial charge is 0.392 e. The highest BCUT2D eigenvalue weighted by Gasteiger charge is 2.22. The van der Waals surface area contributed by atoms with Crippen molar-refractivity contribution >= 4 is 10.0 Å². The highest BCUT2D eigenvalue weighted by Crippen LogP contribution is 2.21. The third-order valence-electron chi connectivity index (χ3n) is 3.62. The van der Waals surface area contributed by atoms with Gasteiger partial charge < -0.3 is 9.84 Å². The highest BCUT2D eigenvalue weighted by molar-refractivity contribution is 7.89. The smallest absolute Gasteiger partial charge is 0.240 e. The van der Waals surface area contributed by atoms with Crippen LogP contribution in [0.25, 0.3) is 0 Å². The van der Waals surface area contributed by atoms with Crippen LogP contribution in [0.2, 0.25) is 0 Å². The van der Waals surface area contributed by atoms with Gasteiger partial charge in [0.1, 0.15) is 0 Å². The minimum absolute atomic E-state index is 0.0344. The number of nitrogens with one attached hydrogen (secondary N) is 1. The SMILES string of the molecule is Cc1cc(C)c(S(=O)(=O)NCC2CCCO2)cc1CO. The summed E-state index contributed by atoms with van der Waals surface area (Å²) in [5, 5.41) is 9.27. The van der Waals surface area contributed by atoms with Crippen molar-refractivity contribution in [1.29, 1.82) is 0 Å². The number of ether oxygens (including phenoxy) is 1. The normalized spacial score (nSPS) is 19.4. The van der Waals surface area contributed by atoms with E-state index in [2.05, 4.69) is 4.72 Å². The zero-order chi connectivity index (χ0) is 14.8. The fraction of sp³-hybridized carbons (Fsp3) is 0.571. The first-order valence-electron chi connectivity index (χ1n) is 6.76. The van der Waals surface area contributed by atoms with Crippen LogP contribution in [-0.2, 0) is 21.4 Å². The lowest BCUT2D eigenvalue weighted by Gasteiger charge is -2.14. The zero-order valence-electron chi connectivity index (χ0n) is 11.8. The molecule has 1 fully saturated rings. The summed E-state index contributed by atoms with van der Waals surface area (Å²) in [7, 11) is -3.57. The van der Waals surface area contributed by atoms with E-state index in [0.717, 1.165) is 18.4 Å². The van der Waals surface area contributed by atoms with Gasteiger partial charge in [-0.1, -0.05) is 6.07 Å². The molecular formula is C14H21NO4S. The van der Waals surface area contributed by atoms with E-state index >= 15 is 0 Å². The van der Waals surface area contributed by atoms with Gasteiger partial charge in [0.25, 0.3) is 0 Å². The molecule has 1 aromatic carbocycles. The van der Waals surface area contributed by atoms with Crippen molar-refractivity contribution in [3.8, 4) is 0 Å². The third-order valence-corrected chi connectivity index (χ3v) is 5.18. The second kappa shape index (κ2) is 6.22. The Labute approximate surface area is 120 Å². The molecule has 1 aliphatic heterocycles. The Kier molecular flexibility index (Phi) is 4.80. The van der Waals surface area contributed by atoms with Gasteiger partial charge in [-0.3, -0.25) is 0 Å². The van der Waals surface area contributed by atoms with Gasteiger partial charge in [0.05, 0.1) is 17.6 Å². The molecule has 0 spiro atoms. The van der Waals surface area contributed by atoms with E-state index in [1.165, 1.54) is 0 Å². The first-order chi connectivity index (χ1) is 9.44. The van der Waals surface area contributed by atoms with E-state index in [0.29, 0.717) is 24.3 Å². The molecule has 1 saturated heterocycles. The molecule has 0 saturated carbocycles. The lowest BCUT2D eigenvalue weighted by molar-refractivity contribution is 0.114. The van der Waals surface area contributed by atoms with Crippen LogP contribution in [-0.4, -0.2) is 32.8 Å². The molecule has 1 aromatic rings. The van der Waals surface area contributed by atoms with Crippen LogP contribution < -0.4 is 4.72 Å². The summed E-state index contributed by atoms with van der Waals surface area (Å²) in [6.45, 7) is 4.44. The first kappa shape index (κ1) is 15.4. The standard InChI is InChI=1S/C14H21NO4S/c1-10-6-11(2)14(7-12(10)9-16)20(17,18)15-8-13-4-3-5-19-13/h6-7,13,15-16H,3-5,8-9H2,1-2H3. The van der Waals surface area contributed by atoms with Crippen molar-refractivity contribution in [2.24, 2.45) is 0 Å². The Balaban J connectivity index is 2.19. The molecule has 112 valence electrons. The average Bonchev–Trinajstić information content (AvgIpc) is 2.89. The molecule has 2 rings (SSSR count). The van der Waals surface area contributed by atoms with Crippen LogP contribution in [0.15, 0.2) is 17.0 Å². The molecule has 1 heterocycles. The molecule has 1 aliphatic rings. The van der Waals surface area contributed by atoms with Crippen molar-refractivity contribution in [1.82, 2.24) is 4.72 Å². The van der Waals surface area contributed by atoms with Crippen molar-refractivity contribution in [2.45, 2.75) is 44.3 Å². The lowest BCUT2D eigenvalue weighted by Crippen LogP contribution is -2.32. The Hall–Kier alpha value is -0.950. The number of aliphatic hydroxyl groups excluding tert-OH is 1. The van der Waals surface area contributed by atoms with E-state index in [1.54, 1.807) is 19.1 Å². The summed E-state index contributed by atoms with van der Waals surface area (Å²) in [6.07, 6.45) is 1.83. The van der Waals surface area contributed by atoms with Gasteiger partial charge in [-0.25, -0.2) is 13.1 Å². The van der Waals surface area contributed by atoms with E-state index in [1.807, 2.05) is 6.92 Å². The summed E-state index contributed by atoms with van der Waals surface area (Å²) in [5.41, 5.74) is 2.20. The third kappa shape index (κ3) is 3.38. The van der Waals surface area contributed by atoms with Crippen LogP contribution in [0.3, 0.4) is 0 Å². The number of rotatable bonds is 5. The second-order valence-corrected chi connectivity index (χ2v) is 6.92. The molecule has 0 aliphatic carbocycles.